The van der Waals surface area contributed by atoms with E-state index >= 15 is 0 Å². The molecule has 4 nitrogen and oxygen atoms in total. The predicted molar refractivity (Wildman–Crippen MR) is 198 cm³/mol. The van der Waals surface area contributed by atoms with Crippen LogP contribution in [-0.2, 0) is 19.7 Å². The molecule has 0 aromatic rings. The summed E-state index contributed by atoms with van der Waals surface area (Å²) in [7, 11) is -1.97. The second-order valence-corrected chi connectivity index (χ2v) is 29.5. The SMILES string of the molecule is CCC1CCCC(CC)C1N=C1CC(CO[Si](C)(C)C)C(CO[Si](C)(C)C)CC1=NC1C(CC)CCCC1CC.[Br][Ni][Br]. The maximum absolute atomic E-state index is 6.61. The predicted octanol–water partition coefficient (Wildman–Crippen LogP) is 11.5. The van der Waals surface area contributed by atoms with Crippen molar-refractivity contribution in [3.8, 4) is 0 Å². The molecular weight excluding hydrogens is 743 g/mol. The summed E-state index contributed by atoms with van der Waals surface area (Å²) < 4.78 is 13.2. The molecule has 0 aromatic heterocycles. The number of hydrogen-bond acceptors (Lipinski definition) is 4. The number of nitrogens with zero attached hydrogens (tertiary/aromatic N) is 2. The van der Waals surface area contributed by atoms with E-state index in [2.05, 4.69) is 95.4 Å². The van der Waals surface area contributed by atoms with Gasteiger partial charge in [0.1, 0.15) is 0 Å². The minimum atomic E-state index is -1.61. The molecule has 0 amide bonds. The summed E-state index contributed by atoms with van der Waals surface area (Å²) >= 11 is 6.00. The molecule has 3 rings (SSSR count). The molecule has 3 aliphatic rings. The van der Waals surface area contributed by atoms with Gasteiger partial charge in [0.2, 0.25) is 0 Å². The zero-order valence-corrected chi connectivity index (χ0v) is 35.5. The van der Waals surface area contributed by atoms with E-state index in [1.165, 1.54) is 86.5 Å². The van der Waals surface area contributed by atoms with Gasteiger partial charge in [0.05, 0.1) is 23.5 Å². The fraction of sp³-hybridized carbons (Fsp3) is 0.941. The van der Waals surface area contributed by atoms with Crippen LogP contribution < -0.4 is 0 Å². The van der Waals surface area contributed by atoms with Gasteiger partial charge in [-0.3, -0.25) is 9.98 Å². The number of hydrogen-bond donors (Lipinski definition) is 0. The van der Waals surface area contributed by atoms with Gasteiger partial charge in [0.25, 0.3) is 0 Å². The van der Waals surface area contributed by atoms with E-state index in [4.69, 9.17) is 18.8 Å². The summed E-state index contributed by atoms with van der Waals surface area (Å²) in [5.41, 5.74) is 2.71. The number of halogens is 2. The van der Waals surface area contributed by atoms with Crippen molar-refractivity contribution in [1.82, 2.24) is 0 Å². The fourth-order valence-electron chi connectivity index (χ4n) is 7.73. The summed E-state index contributed by atoms with van der Waals surface area (Å²) in [6.07, 6.45) is 15.1. The molecule has 6 atom stereocenters. The van der Waals surface area contributed by atoms with E-state index in [0.717, 1.165) is 49.7 Å². The second-order valence-electron chi connectivity index (χ2n) is 15.5. The summed E-state index contributed by atoms with van der Waals surface area (Å²) in [6.45, 7) is 25.2. The van der Waals surface area contributed by atoms with Gasteiger partial charge in [0.15, 0.2) is 16.6 Å². The summed E-state index contributed by atoms with van der Waals surface area (Å²) in [6, 6.07) is 0.931. The number of rotatable bonds is 12. The van der Waals surface area contributed by atoms with Gasteiger partial charge in [-0.15, -0.1) is 0 Å². The molecule has 0 aromatic carbocycles. The normalized spacial score (nSPS) is 34.3. The van der Waals surface area contributed by atoms with E-state index in [0.29, 0.717) is 23.9 Å². The van der Waals surface area contributed by atoms with Crippen LogP contribution in [0.4, 0.5) is 0 Å². The topological polar surface area (TPSA) is 43.2 Å². The Kier molecular flexibility index (Phi) is 18.6. The molecule has 256 valence electrons. The van der Waals surface area contributed by atoms with Crippen molar-refractivity contribution in [2.45, 2.75) is 156 Å². The minimum absolute atomic E-state index is 0.465. The molecule has 0 bridgehead atoms. The van der Waals surface area contributed by atoms with Crippen LogP contribution in [0.5, 0.6) is 0 Å². The molecule has 43 heavy (non-hydrogen) atoms. The Balaban J connectivity index is 0.00000206. The van der Waals surface area contributed by atoms with Crippen molar-refractivity contribution in [3.05, 3.63) is 0 Å². The Morgan fingerprint density at radius 1 is 0.581 bits per heavy atom. The zero-order chi connectivity index (χ0) is 32.2. The first-order valence-electron chi connectivity index (χ1n) is 17.5. The van der Waals surface area contributed by atoms with E-state index < -0.39 is 16.6 Å². The van der Waals surface area contributed by atoms with Gasteiger partial charge < -0.3 is 8.85 Å². The van der Waals surface area contributed by atoms with Crippen molar-refractivity contribution in [3.63, 3.8) is 0 Å². The zero-order valence-electron chi connectivity index (χ0n) is 29.3. The van der Waals surface area contributed by atoms with Crippen LogP contribution in [0.15, 0.2) is 9.98 Å². The molecular formula is C34H66Br2N2NiO2Si2. The molecule has 3 aliphatic carbocycles. The second kappa shape index (κ2) is 19.8. The Hall–Kier alpha value is 1.15. The quantitative estimate of drug-likeness (QED) is 0.184. The molecule has 0 aliphatic heterocycles. The van der Waals surface area contributed by atoms with Crippen molar-refractivity contribution < 1.29 is 19.7 Å². The third-order valence-corrected chi connectivity index (χ3v) is 12.4. The van der Waals surface area contributed by atoms with Gasteiger partial charge in [-0.2, -0.15) is 0 Å². The molecule has 3 saturated carbocycles. The van der Waals surface area contributed by atoms with Crippen LogP contribution in [0.2, 0.25) is 39.3 Å². The average molecular weight is 810 g/mol. The molecule has 0 saturated heterocycles. The average Bonchev–Trinajstić information content (AvgIpc) is 2.95. The summed E-state index contributed by atoms with van der Waals surface area (Å²) in [5, 5.41) is 0. The van der Waals surface area contributed by atoms with Gasteiger partial charge in [-0.05, 0) is 113 Å². The molecule has 6 unspecified atom stereocenters. The first-order chi connectivity index (χ1) is 20.3. The molecule has 0 heterocycles. The maximum atomic E-state index is 6.61. The van der Waals surface area contributed by atoms with Gasteiger partial charge in [-0.25, -0.2) is 0 Å². The van der Waals surface area contributed by atoms with E-state index in [1.54, 1.807) is 0 Å². The molecule has 0 spiro atoms. The fourth-order valence-corrected chi connectivity index (χ4v) is 9.15. The van der Waals surface area contributed by atoms with E-state index in [-0.39, 0.29) is 0 Å². The van der Waals surface area contributed by atoms with Crippen LogP contribution in [-0.4, -0.2) is 53.4 Å². The Morgan fingerprint density at radius 2 is 0.860 bits per heavy atom. The number of aliphatic imine (C=N–C) groups is 2. The Bertz CT molecular complexity index is 772. The van der Waals surface area contributed by atoms with Crippen LogP contribution >= 0.6 is 28.5 Å². The van der Waals surface area contributed by atoms with Crippen LogP contribution in [0.25, 0.3) is 0 Å². The Labute approximate surface area is 289 Å². The third-order valence-electron chi connectivity index (χ3n) is 10.3. The van der Waals surface area contributed by atoms with Crippen molar-refractivity contribution in [2.75, 3.05) is 13.2 Å². The standard InChI is InChI=1S/C34H66N2O2Si2.2BrH.Ni/c1-11-25-17-15-18-26(12-2)33(25)35-31-21-29(23-37-39(5,6)7)30(24-38-40(8,9)10)22-32(31)36-34-27(13-3)19-16-20-28(34)14-4;;;/h25-30,33-34H,11-24H2,1-10H3;2*1H;/q;;;+2/p-2. The van der Waals surface area contributed by atoms with Crippen LogP contribution in [0.3, 0.4) is 0 Å². The van der Waals surface area contributed by atoms with Crippen LogP contribution in [0, 0.1) is 35.5 Å². The monoisotopic (exact) mass is 806 g/mol. The molecule has 0 N–H and O–H groups in total. The Morgan fingerprint density at radius 3 is 1.09 bits per heavy atom. The third kappa shape index (κ3) is 13.7. The molecule has 9 heteroatoms. The first-order valence-corrected chi connectivity index (χ1v) is 29.2. The van der Waals surface area contributed by atoms with Gasteiger partial charge in [0, 0.05) is 13.2 Å². The summed E-state index contributed by atoms with van der Waals surface area (Å²) in [4.78, 5) is 11.6. The molecule has 3 fully saturated rings. The molecule has 0 radical (unpaired) electrons. The summed E-state index contributed by atoms with van der Waals surface area (Å²) in [5.74, 6) is 3.83. The van der Waals surface area contributed by atoms with Crippen molar-refractivity contribution >= 4 is 56.5 Å². The van der Waals surface area contributed by atoms with Gasteiger partial charge in [-0.1, -0.05) is 66.2 Å². The van der Waals surface area contributed by atoms with Crippen molar-refractivity contribution in [2.24, 2.45) is 45.5 Å². The van der Waals surface area contributed by atoms with E-state index in [1.807, 2.05) is 0 Å². The van der Waals surface area contributed by atoms with Gasteiger partial charge >= 0.3 is 39.3 Å². The van der Waals surface area contributed by atoms with Crippen molar-refractivity contribution in [1.29, 1.82) is 0 Å². The first kappa shape index (κ1) is 40.3. The van der Waals surface area contributed by atoms with E-state index in [9.17, 15) is 0 Å². The van der Waals surface area contributed by atoms with Crippen LogP contribution in [0.1, 0.15) is 105 Å².